The first-order chi connectivity index (χ1) is 23.0. The van der Waals surface area contributed by atoms with Gasteiger partial charge in [0.25, 0.3) is 0 Å². The van der Waals surface area contributed by atoms with Gasteiger partial charge in [-0.2, -0.15) is 0 Å². The molecule has 0 saturated carbocycles. The maximum atomic E-state index is 12.8. The van der Waals surface area contributed by atoms with Crippen molar-refractivity contribution in [2.75, 3.05) is 40.9 Å². The summed E-state index contributed by atoms with van der Waals surface area (Å²) in [5, 5.41) is 13.9. The van der Waals surface area contributed by atoms with Gasteiger partial charge in [-0.15, -0.1) is 0 Å². The van der Waals surface area contributed by atoms with Crippen LogP contribution in [0.5, 0.6) is 0 Å². The van der Waals surface area contributed by atoms with Crippen LogP contribution in [0.3, 0.4) is 0 Å². The van der Waals surface area contributed by atoms with Crippen molar-refractivity contribution in [3.8, 4) is 0 Å². The second-order valence-electron chi connectivity index (χ2n) is 15.4. The Balaban J connectivity index is 4.41. The fraction of sp³-hybridized carbons (Fsp3) is 0.974. The summed E-state index contributed by atoms with van der Waals surface area (Å²) in [6.45, 7) is 4.88. The summed E-state index contributed by atoms with van der Waals surface area (Å²) >= 11 is 0. The molecule has 0 aromatic rings. The molecule has 9 heteroatoms. The molecule has 1 amide bonds. The van der Waals surface area contributed by atoms with Crippen molar-refractivity contribution in [2.45, 2.75) is 206 Å². The highest BCUT2D eigenvalue weighted by molar-refractivity contribution is 7.47. The molecule has 3 atom stereocenters. The molecule has 0 aromatic carbocycles. The number of amides is 1. The number of nitrogens with one attached hydrogen (secondary N) is 1. The molecule has 0 rings (SSSR count). The van der Waals surface area contributed by atoms with Crippen LogP contribution in [0, 0.1) is 0 Å². The number of aliphatic hydroxyl groups excluding tert-OH is 1. The van der Waals surface area contributed by atoms with Gasteiger partial charge in [0.1, 0.15) is 13.2 Å². The monoisotopic (exact) mass is 706 g/mol. The maximum absolute atomic E-state index is 12.8. The molecule has 48 heavy (non-hydrogen) atoms. The van der Waals surface area contributed by atoms with Crippen LogP contribution in [-0.4, -0.2) is 73.4 Å². The van der Waals surface area contributed by atoms with Gasteiger partial charge in [0.2, 0.25) is 5.91 Å². The first-order valence-electron chi connectivity index (χ1n) is 20.4. The maximum Gasteiger partial charge on any atom is 0.472 e. The van der Waals surface area contributed by atoms with E-state index < -0.39 is 20.0 Å². The second-order valence-corrected chi connectivity index (χ2v) is 16.8. The average molecular weight is 706 g/mol. The molecule has 1 unspecified atom stereocenters. The number of phosphoric acid groups is 1. The number of nitrogens with zero attached hydrogens (tertiary/aromatic N) is 1. The van der Waals surface area contributed by atoms with E-state index in [1.807, 2.05) is 21.1 Å². The first-order valence-corrected chi connectivity index (χ1v) is 21.9. The molecule has 0 heterocycles. The van der Waals surface area contributed by atoms with Gasteiger partial charge in [0.15, 0.2) is 0 Å². The molecule has 0 bridgehead atoms. The van der Waals surface area contributed by atoms with Crippen molar-refractivity contribution in [1.82, 2.24) is 5.32 Å². The summed E-state index contributed by atoms with van der Waals surface area (Å²) < 4.78 is 23.5. The van der Waals surface area contributed by atoms with E-state index in [9.17, 15) is 19.4 Å². The third-order valence-electron chi connectivity index (χ3n) is 9.36. The summed E-state index contributed by atoms with van der Waals surface area (Å²) in [5.41, 5.74) is 0. The fourth-order valence-corrected chi connectivity index (χ4v) is 6.78. The summed E-state index contributed by atoms with van der Waals surface area (Å²) in [6.07, 6.45) is 32.6. The number of carbonyl (C=O) groups is 1. The summed E-state index contributed by atoms with van der Waals surface area (Å²) in [6, 6.07) is -0.751. The minimum Gasteiger partial charge on any atom is -0.391 e. The molecule has 288 valence electrons. The Hall–Kier alpha value is -0.500. The van der Waals surface area contributed by atoms with Crippen LogP contribution >= 0.6 is 7.82 Å². The molecule has 0 aliphatic carbocycles. The number of carbonyl (C=O) groups excluding carboxylic acids is 1. The molecule has 0 aliphatic rings. The van der Waals surface area contributed by atoms with Gasteiger partial charge in [0.05, 0.1) is 39.9 Å². The molecule has 0 radical (unpaired) electrons. The molecular weight excluding hydrogens is 623 g/mol. The number of hydrogen-bond acceptors (Lipinski definition) is 5. The topological polar surface area (TPSA) is 105 Å². The van der Waals surface area contributed by atoms with Crippen LogP contribution in [0.4, 0.5) is 0 Å². The zero-order valence-electron chi connectivity index (χ0n) is 32.5. The van der Waals surface area contributed by atoms with Gasteiger partial charge < -0.3 is 19.8 Å². The predicted octanol–water partition coefficient (Wildman–Crippen LogP) is 10.6. The van der Waals surface area contributed by atoms with E-state index in [0.29, 0.717) is 23.9 Å². The lowest BCUT2D eigenvalue weighted by molar-refractivity contribution is -0.870. The molecule has 3 N–H and O–H groups in total. The number of phosphoric ester groups is 1. The van der Waals surface area contributed by atoms with Crippen molar-refractivity contribution >= 4 is 13.7 Å². The second kappa shape index (κ2) is 32.4. The molecule has 0 aliphatic heterocycles. The molecule has 0 spiro atoms. The van der Waals surface area contributed by atoms with Crippen LogP contribution < -0.4 is 5.32 Å². The smallest absolute Gasteiger partial charge is 0.391 e. The van der Waals surface area contributed by atoms with E-state index in [4.69, 9.17) is 9.05 Å². The van der Waals surface area contributed by atoms with E-state index in [0.717, 1.165) is 38.5 Å². The van der Waals surface area contributed by atoms with Crippen molar-refractivity contribution in [2.24, 2.45) is 0 Å². The molecular formula is C39H82N2O6P+. The minimum atomic E-state index is -4.30. The molecule has 0 saturated heterocycles. The van der Waals surface area contributed by atoms with Gasteiger partial charge >= 0.3 is 7.82 Å². The Morgan fingerprint density at radius 1 is 0.625 bits per heavy atom. The van der Waals surface area contributed by atoms with Crippen LogP contribution in [0.25, 0.3) is 0 Å². The van der Waals surface area contributed by atoms with Crippen LogP contribution in [0.2, 0.25) is 0 Å². The zero-order valence-corrected chi connectivity index (χ0v) is 33.4. The largest absolute Gasteiger partial charge is 0.472 e. The van der Waals surface area contributed by atoms with Gasteiger partial charge in [0, 0.05) is 6.42 Å². The quantitative estimate of drug-likeness (QED) is 0.0338. The molecule has 0 aromatic heterocycles. The highest BCUT2D eigenvalue weighted by Gasteiger charge is 2.28. The van der Waals surface area contributed by atoms with Gasteiger partial charge in [-0.05, 0) is 12.8 Å². The summed E-state index contributed by atoms with van der Waals surface area (Å²) in [4.78, 5) is 23.0. The first kappa shape index (κ1) is 47.5. The number of rotatable bonds is 37. The third-order valence-corrected chi connectivity index (χ3v) is 10.3. The number of aliphatic hydroxyl groups is 1. The Morgan fingerprint density at radius 3 is 1.40 bits per heavy atom. The number of likely N-dealkylation sites (N-methyl/N-ethyl adjacent to an activating group) is 1. The Bertz CT molecular complexity index is 763. The Kier molecular flexibility index (Phi) is 32.1. The van der Waals surface area contributed by atoms with Gasteiger partial charge in [-0.1, -0.05) is 174 Å². The number of unbranched alkanes of at least 4 members (excludes halogenated alkanes) is 24. The van der Waals surface area contributed by atoms with E-state index in [2.05, 4.69) is 19.2 Å². The van der Waals surface area contributed by atoms with Crippen LogP contribution in [0.15, 0.2) is 0 Å². The van der Waals surface area contributed by atoms with Crippen molar-refractivity contribution < 1.29 is 32.9 Å². The van der Waals surface area contributed by atoms with Gasteiger partial charge in [-0.25, -0.2) is 4.57 Å². The van der Waals surface area contributed by atoms with E-state index >= 15 is 0 Å². The Labute approximate surface area is 298 Å². The molecule has 8 nitrogen and oxygen atoms in total. The standard InChI is InChI=1S/C39H81N2O6P/c1-6-8-10-12-14-16-18-20-22-24-26-28-30-32-38(42)37(36-47-48(44,45)46-35-34-41(3,4)5)40-39(43)33-31-29-27-25-23-21-19-17-15-13-11-9-7-2/h37-38,42H,6-36H2,1-5H3,(H-,40,43,44,45)/p+1/t37-,38+/m0/s1. The van der Waals surface area contributed by atoms with Crippen LogP contribution in [0.1, 0.15) is 194 Å². The average Bonchev–Trinajstić information content (AvgIpc) is 3.02. The third kappa shape index (κ3) is 34.0. The van der Waals surface area contributed by atoms with Crippen molar-refractivity contribution in [1.29, 1.82) is 0 Å². The van der Waals surface area contributed by atoms with Gasteiger partial charge in [-0.3, -0.25) is 13.8 Å². The zero-order chi connectivity index (χ0) is 35.8. The lowest BCUT2D eigenvalue weighted by Gasteiger charge is -2.26. The lowest BCUT2D eigenvalue weighted by Crippen LogP contribution is -2.46. The number of hydrogen-bond donors (Lipinski definition) is 3. The fourth-order valence-electron chi connectivity index (χ4n) is 6.05. The summed E-state index contributed by atoms with van der Waals surface area (Å²) in [5.74, 6) is -0.144. The normalized spacial score (nSPS) is 14.6. The van der Waals surface area contributed by atoms with E-state index in [1.54, 1.807) is 0 Å². The predicted molar refractivity (Wildman–Crippen MR) is 203 cm³/mol. The van der Waals surface area contributed by atoms with Crippen molar-refractivity contribution in [3.05, 3.63) is 0 Å². The lowest BCUT2D eigenvalue weighted by atomic mass is 10.0. The number of quaternary nitrogens is 1. The van der Waals surface area contributed by atoms with Crippen molar-refractivity contribution in [3.63, 3.8) is 0 Å². The van der Waals surface area contributed by atoms with E-state index in [1.165, 1.54) is 128 Å². The SMILES string of the molecule is CCCCCCCCCCCCCCCC(=O)N[C@@H](COP(=O)(O)OCC[N+](C)(C)C)[C@H](O)CCCCCCCCCCCCCCC. The molecule has 0 fully saturated rings. The van der Waals surface area contributed by atoms with E-state index in [-0.39, 0.29) is 19.1 Å². The summed E-state index contributed by atoms with van der Waals surface area (Å²) in [7, 11) is 1.62. The Morgan fingerprint density at radius 2 is 1.00 bits per heavy atom. The highest BCUT2D eigenvalue weighted by atomic mass is 31.2. The minimum absolute atomic E-state index is 0.0782. The van der Waals surface area contributed by atoms with Crippen LogP contribution in [-0.2, 0) is 18.4 Å². The highest BCUT2D eigenvalue weighted by Crippen LogP contribution is 2.43.